The van der Waals surface area contributed by atoms with E-state index in [-0.39, 0.29) is 5.76 Å². The molecule has 0 aliphatic carbocycles. The number of carbonyl (C=O) groups excluding carboxylic acids is 1. The van der Waals surface area contributed by atoms with Crippen LogP contribution in [0.3, 0.4) is 0 Å². The molecule has 0 unspecified atom stereocenters. The van der Waals surface area contributed by atoms with Crippen LogP contribution in [0.25, 0.3) is 11.3 Å². The van der Waals surface area contributed by atoms with Gasteiger partial charge in [0.05, 0.1) is 37.7 Å². The lowest BCUT2D eigenvalue weighted by Gasteiger charge is -2.31. The summed E-state index contributed by atoms with van der Waals surface area (Å²) in [7, 11) is 0. The third-order valence-electron chi connectivity index (χ3n) is 4.02. The molecule has 134 valence electrons. The van der Waals surface area contributed by atoms with E-state index in [1.54, 1.807) is 12.1 Å². The monoisotopic (exact) mass is 345 g/mol. The van der Waals surface area contributed by atoms with Crippen molar-refractivity contribution in [3.63, 3.8) is 0 Å². The minimum Gasteiger partial charge on any atom is -0.493 e. The number of hydrogen-bond acceptors (Lipinski definition) is 6. The molecule has 25 heavy (non-hydrogen) atoms. The zero-order valence-electron chi connectivity index (χ0n) is 14.6. The molecule has 1 saturated heterocycles. The highest BCUT2D eigenvalue weighted by molar-refractivity contribution is 5.78. The van der Waals surface area contributed by atoms with Crippen LogP contribution in [0.4, 0.5) is 5.69 Å². The molecular weight excluding hydrogens is 322 g/mol. The number of furan rings is 1. The van der Waals surface area contributed by atoms with E-state index in [2.05, 4.69) is 4.90 Å². The van der Waals surface area contributed by atoms with Gasteiger partial charge in [0, 0.05) is 19.2 Å². The molecule has 0 spiro atoms. The van der Waals surface area contributed by atoms with Crippen molar-refractivity contribution in [2.75, 3.05) is 44.4 Å². The van der Waals surface area contributed by atoms with Crippen LogP contribution in [0.2, 0.25) is 0 Å². The third kappa shape index (κ3) is 3.79. The van der Waals surface area contributed by atoms with E-state index in [0.29, 0.717) is 44.2 Å². The largest absolute Gasteiger partial charge is 0.493 e. The van der Waals surface area contributed by atoms with Crippen LogP contribution in [0.15, 0.2) is 28.7 Å². The quantitative estimate of drug-likeness (QED) is 0.717. The van der Waals surface area contributed by atoms with Crippen LogP contribution in [-0.2, 0) is 4.74 Å². The molecule has 0 N–H and O–H groups in total. The van der Waals surface area contributed by atoms with Gasteiger partial charge in [0.2, 0.25) is 0 Å². The Morgan fingerprint density at radius 2 is 1.80 bits per heavy atom. The maximum atomic E-state index is 10.9. The molecule has 0 amide bonds. The van der Waals surface area contributed by atoms with Gasteiger partial charge in [-0.3, -0.25) is 4.79 Å². The molecule has 1 aromatic heterocycles. The highest BCUT2D eigenvalue weighted by Crippen LogP contribution is 2.41. The maximum absolute atomic E-state index is 10.9. The Kier molecular flexibility index (Phi) is 5.60. The summed E-state index contributed by atoms with van der Waals surface area (Å²) in [5.74, 6) is 2.35. The van der Waals surface area contributed by atoms with Gasteiger partial charge < -0.3 is 23.5 Å². The number of carbonyl (C=O) groups is 1. The van der Waals surface area contributed by atoms with Crippen molar-refractivity contribution in [1.29, 1.82) is 0 Å². The Morgan fingerprint density at radius 1 is 1.08 bits per heavy atom. The Bertz CT molecular complexity index is 719. The van der Waals surface area contributed by atoms with Crippen LogP contribution < -0.4 is 14.4 Å². The van der Waals surface area contributed by atoms with E-state index in [1.807, 2.05) is 26.0 Å². The average Bonchev–Trinajstić information content (AvgIpc) is 3.13. The van der Waals surface area contributed by atoms with Gasteiger partial charge in [-0.2, -0.15) is 0 Å². The van der Waals surface area contributed by atoms with Crippen LogP contribution in [0.1, 0.15) is 24.4 Å². The van der Waals surface area contributed by atoms with Gasteiger partial charge in [-0.25, -0.2) is 0 Å². The molecule has 2 heterocycles. The summed E-state index contributed by atoms with van der Waals surface area (Å²) in [6.45, 7) is 7.98. The lowest BCUT2D eigenvalue weighted by atomic mass is 10.1. The maximum Gasteiger partial charge on any atom is 0.185 e. The van der Waals surface area contributed by atoms with Gasteiger partial charge in [0.25, 0.3) is 0 Å². The van der Waals surface area contributed by atoms with Crippen molar-refractivity contribution in [2.24, 2.45) is 0 Å². The fraction of sp³-hybridized carbons (Fsp3) is 0.421. The first-order chi connectivity index (χ1) is 12.3. The molecule has 1 aliphatic heterocycles. The molecule has 0 radical (unpaired) electrons. The first kappa shape index (κ1) is 17.4. The molecule has 1 fully saturated rings. The minimum absolute atomic E-state index is 0.285. The van der Waals surface area contributed by atoms with E-state index < -0.39 is 0 Å². The summed E-state index contributed by atoms with van der Waals surface area (Å²) in [5, 5.41) is 0. The summed E-state index contributed by atoms with van der Waals surface area (Å²) in [5.41, 5.74) is 1.76. The van der Waals surface area contributed by atoms with Gasteiger partial charge in [0.15, 0.2) is 12.0 Å². The first-order valence-electron chi connectivity index (χ1n) is 8.58. The number of anilines is 1. The number of ether oxygens (including phenoxy) is 3. The highest BCUT2D eigenvalue weighted by Gasteiger charge is 2.21. The standard InChI is InChI=1S/C19H23NO5/c1-3-23-18-12-16(20-7-9-22-10-8-20)19(24-4-2)11-15(18)17-6-5-14(13-21)25-17/h5-6,11-13H,3-4,7-10H2,1-2H3. The third-order valence-corrected chi connectivity index (χ3v) is 4.02. The average molecular weight is 345 g/mol. The summed E-state index contributed by atoms with van der Waals surface area (Å²) in [4.78, 5) is 13.2. The number of nitrogens with zero attached hydrogens (tertiary/aromatic N) is 1. The molecule has 0 atom stereocenters. The van der Waals surface area contributed by atoms with Gasteiger partial charge in [-0.05, 0) is 32.0 Å². The fourth-order valence-electron chi connectivity index (χ4n) is 2.90. The van der Waals surface area contributed by atoms with Gasteiger partial charge in [-0.1, -0.05) is 0 Å². The fourth-order valence-corrected chi connectivity index (χ4v) is 2.90. The van der Waals surface area contributed by atoms with Crippen LogP contribution in [0, 0.1) is 0 Å². The van der Waals surface area contributed by atoms with Gasteiger partial charge in [0.1, 0.15) is 17.3 Å². The lowest BCUT2D eigenvalue weighted by Crippen LogP contribution is -2.36. The molecular formula is C19H23NO5. The Labute approximate surface area is 147 Å². The van der Waals surface area contributed by atoms with Crippen molar-refractivity contribution in [1.82, 2.24) is 0 Å². The molecule has 1 aromatic carbocycles. The Morgan fingerprint density at radius 3 is 2.44 bits per heavy atom. The normalized spacial score (nSPS) is 14.4. The topological polar surface area (TPSA) is 61.1 Å². The van der Waals surface area contributed by atoms with Crippen molar-refractivity contribution in [2.45, 2.75) is 13.8 Å². The minimum atomic E-state index is 0.285. The Hall–Kier alpha value is -2.47. The summed E-state index contributed by atoms with van der Waals surface area (Å²) in [6.07, 6.45) is 0.690. The summed E-state index contributed by atoms with van der Waals surface area (Å²) in [6, 6.07) is 7.32. The van der Waals surface area contributed by atoms with Gasteiger partial charge >= 0.3 is 0 Å². The van der Waals surface area contributed by atoms with E-state index in [9.17, 15) is 4.79 Å². The number of aldehydes is 1. The van der Waals surface area contributed by atoms with Crippen LogP contribution in [-0.4, -0.2) is 45.8 Å². The zero-order chi connectivity index (χ0) is 17.6. The molecule has 1 aliphatic rings. The van der Waals surface area contributed by atoms with Crippen molar-refractivity contribution in [3.8, 4) is 22.8 Å². The number of hydrogen-bond donors (Lipinski definition) is 0. The van der Waals surface area contributed by atoms with E-state index in [0.717, 1.165) is 30.1 Å². The second kappa shape index (κ2) is 8.07. The zero-order valence-corrected chi connectivity index (χ0v) is 14.6. The molecule has 3 rings (SSSR count). The van der Waals surface area contributed by atoms with Crippen molar-refractivity contribution >= 4 is 12.0 Å². The molecule has 0 saturated carbocycles. The van der Waals surface area contributed by atoms with Crippen LogP contribution >= 0.6 is 0 Å². The number of benzene rings is 1. The molecule has 2 aromatic rings. The number of morpholine rings is 1. The second-order valence-corrected chi connectivity index (χ2v) is 5.60. The summed E-state index contributed by atoms with van der Waals surface area (Å²) < 4.78 is 22.7. The Balaban J connectivity index is 2.07. The van der Waals surface area contributed by atoms with Gasteiger partial charge in [-0.15, -0.1) is 0 Å². The highest BCUT2D eigenvalue weighted by atomic mass is 16.5. The van der Waals surface area contributed by atoms with E-state index in [1.165, 1.54) is 0 Å². The molecule has 0 bridgehead atoms. The van der Waals surface area contributed by atoms with Crippen molar-refractivity contribution in [3.05, 3.63) is 30.0 Å². The first-order valence-corrected chi connectivity index (χ1v) is 8.58. The summed E-state index contributed by atoms with van der Waals surface area (Å²) >= 11 is 0. The number of rotatable bonds is 7. The predicted molar refractivity (Wildman–Crippen MR) is 94.9 cm³/mol. The SMILES string of the molecule is CCOc1cc(N2CCOCC2)c(OCC)cc1-c1ccc(C=O)o1. The second-order valence-electron chi connectivity index (χ2n) is 5.60. The van der Waals surface area contributed by atoms with E-state index in [4.69, 9.17) is 18.6 Å². The predicted octanol–water partition coefficient (Wildman–Crippen LogP) is 3.39. The van der Waals surface area contributed by atoms with Crippen molar-refractivity contribution < 1.29 is 23.4 Å². The lowest BCUT2D eigenvalue weighted by molar-refractivity contribution is 0.110. The smallest absolute Gasteiger partial charge is 0.185 e. The molecule has 6 heteroatoms. The molecule has 6 nitrogen and oxygen atoms in total. The van der Waals surface area contributed by atoms with E-state index >= 15 is 0 Å². The van der Waals surface area contributed by atoms with Crippen LogP contribution in [0.5, 0.6) is 11.5 Å².